The number of hydrogen-bond acceptors (Lipinski definition) is 8. The number of fused-ring (bicyclic) bond motifs is 2. The van der Waals surface area contributed by atoms with Gasteiger partial charge in [-0.05, 0) is 50.2 Å². The first-order valence-corrected chi connectivity index (χ1v) is 17.3. The number of rotatable bonds is 7. The van der Waals surface area contributed by atoms with Crippen LogP contribution in [-0.2, 0) is 12.7 Å². The van der Waals surface area contributed by atoms with Crippen molar-refractivity contribution in [1.29, 1.82) is 5.26 Å². The largest absolute Gasteiger partial charge is 0.478 e. The molecule has 0 spiro atoms. The van der Waals surface area contributed by atoms with E-state index in [4.69, 9.17) is 11.6 Å². The molecular formula is C36H27ClF6N6O3S. The van der Waals surface area contributed by atoms with Crippen LogP contribution in [-0.4, -0.2) is 69.4 Å². The van der Waals surface area contributed by atoms with Crippen molar-refractivity contribution in [2.75, 3.05) is 37.6 Å². The van der Waals surface area contributed by atoms with Crippen LogP contribution in [0.4, 0.5) is 32.0 Å². The number of anilines is 1. The summed E-state index contributed by atoms with van der Waals surface area (Å²) < 4.78 is 83.1. The van der Waals surface area contributed by atoms with Crippen LogP contribution in [0.1, 0.15) is 45.7 Å². The lowest BCUT2D eigenvalue weighted by Crippen LogP contribution is -2.47. The van der Waals surface area contributed by atoms with Crippen LogP contribution in [0.15, 0.2) is 46.7 Å². The lowest BCUT2D eigenvalue weighted by Gasteiger charge is -2.37. The van der Waals surface area contributed by atoms with Gasteiger partial charge >= 0.3 is 18.3 Å². The first-order chi connectivity index (χ1) is 25.1. The number of benzene rings is 2. The maximum Gasteiger partial charge on any atom is 0.418 e. The third kappa shape index (κ3) is 7.81. The number of halogens is 7. The van der Waals surface area contributed by atoms with Gasteiger partial charge in [-0.15, -0.1) is 11.3 Å². The number of pyridine rings is 1. The maximum atomic E-state index is 14.5. The van der Waals surface area contributed by atoms with Gasteiger partial charge in [0.1, 0.15) is 11.9 Å². The number of carboxylic acid groups (broad SMARTS) is 1. The van der Waals surface area contributed by atoms with Gasteiger partial charge in [-0.25, -0.2) is 9.78 Å². The Morgan fingerprint density at radius 3 is 2.47 bits per heavy atom. The van der Waals surface area contributed by atoms with Crippen molar-refractivity contribution in [3.63, 3.8) is 0 Å². The monoisotopic (exact) mass is 772 g/mol. The molecule has 1 fully saturated rings. The summed E-state index contributed by atoms with van der Waals surface area (Å²) in [6.45, 7) is 1.60. The predicted octanol–water partition coefficient (Wildman–Crippen LogP) is 7.74. The molecule has 0 bridgehead atoms. The molecule has 9 nitrogen and oxygen atoms in total. The average Bonchev–Trinajstić information content (AvgIpc) is 3.54. The Morgan fingerprint density at radius 1 is 1.08 bits per heavy atom. The Labute approximate surface area is 306 Å². The van der Waals surface area contributed by atoms with Gasteiger partial charge < -0.3 is 10.0 Å². The fourth-order valence-corrected chi connectivity index (χ4v) is 7.58. The molecule has 1 N–H and O–H groups in total. The molecular weight excluding hydrogens is 746 g/mol. The van der Waals surface area contributed by atoms with E-state index in [-0.39, 0.29) is 68.0 Å². The normalized spacial score (nSPS) is 14.0. The second-order valence-electron chi connectivity index (χ2n) is 12.2. The van der Waals surface area contributed by atoms with Crippen LogP contribution in [0.3, 0.4) is 0 Å². The summed E-state index contributed by atoms with van der Waals surface area (Å²) >= 11 is 7.53. The van der Waals surface area contributed by atoms with Crippen molar-refractivity contribution in [3.05, 3.63) is 85.4 Å². The molecule has 17 heteroatoms. The van der Waals surface area contributed by atoms with Gasteiger partial charge in [0, 0.05) is 65.9 Å². The highest BCUT2D eigenvalue weighted by molar-refractivity contribution is 7.18. The maximum absolute atomic E-state index is 14.5. The van der Waals surface area contributed by atoms with E-state index in [9.17, 15) is 46.3 Å². The van der Waals surface area contributed by atoms with E-state index < -0.39 is 47.1 Å². The Bertz CT molecular complexity index is 2420. The van der Waals surface area contributed by atoms with Crippen molar-refractivity contribution >= 4 is 55.7 Å². The lowest BCUT2D eigenvalue weighted by atomic mass is 9.99. The molecule has 0 amide bonds. The van der Waals surface area contributed by atoms with Crippen molar-refractivity contribution in [2.24, 2.45) is 0 Å². The van der Waals surface area contributed by atoms with Gasteiger partial charge in [0.25, 0.3) is 5.56 Å². The topological polar surface area (TPSA) is 115 Å². The van der Waals surface area contributed by atoms with Gasteiger partial charge in [-0.3, -0.25) is 19.2 Å². The Morgan fingerprint density at radius 2 is 1.81 bits per heavy atom. The number of carbonyl (C=O) groups is 1. The highest BCUT2D eigenvalue weighted by atomic mass is 35.5. The molecule has 0 saturated carbocycles. The van der Waals surface area contributed by atoms with Crippen LogP contribution < -0.4 is 10.5 Å². The van der Waals surface area contributed by atoms with Crippen LogP contribution >= 0.6 is 22.9 Å². The summed E-state index contributed by atoms with van der Waals surface area (Å²) in [5.74, 6) is 4.87. The summed E-state index contributed by atoms with van der Waals surface area (Å²) in [6.07, 6.45) is -8.88. The smallest absolute Gasteiger partial charge is 0.418 e. The Kier molecular flexibility index (Phi) is 10.4. The molecule has 1 aliphatic rings. The molecule has 0 aliphatic carbocycles. The molecule has 2 aromatic carbocycles. The molecule has 0 unspecified atom stereocenters. The number of aryl methyl sites for hydroxylation is 1. The highest BCUT2D eigenvalue weighted by Crippen LogP contribution is 2.42. The molecule has 6 rings (SSSR count). The van der Waals surface area contributed by atoms with E-state index in [1.165, 1.54) is 34.7 Å². The van der Waals surface area contributed by atoms with Gasteiger partial charge in [-0.2, -0.15) is 31.6 Å². The summed E-state index contributed by atoms with van der Waals surface area (Å²) in [5, 5.41) is 21.4. The van der Waals surface area contributed by atoms with Crippen LogP contribution in [0, 0.1) is 30.1 Å². The third-order valence-electron chi connectivity index (χ3n) is 8.87. The minimum Gasteiger partial charge on any atom is -0.478 e. The van der Waals surface area contributed by atoms with Gasteiger partial charge in [0.2, 0.25) is 0 Å². The number of thiophene rings is 1. The molecule has 5 aromatic rings. The van der Waals surface area contributed by atoms with Crippen LogP contribution in [0.5, 0.6) is 0 Å². The molecule has 4 heterocycles. The molecule has 1 aliphatic heterocycles. The van der Waals surface area contributed by atoms with Crippen molar-refractivity contribution in [2.45, 2.75) is 38.7 Å². The summed E-state index contributed by atoms with van der Waals surface area (Å²) in [4.78, 5) is 37.3. The van der Waals surface area contributed by atoms with Gasteiger partial charge in [0.05, 0.1) is 50.0 Å². The average molecular weight is 773 g/mol. The van der Waals surface area contributed by atoms with Crippen molar-refractivity contribution < 1.29 is 36.2 Å². The molecule has 0 radical (unpaired) electrons. The van der Waals surface area contributed by atoms with E-state index in [1.54, 1.807) is 29.2 Å². The second-order valence-corrected chi connectivity index (χ2v) is 13.5. The zero-order chi connectivity index (χ0) is 38.2. The first kappa shape index (κ1) is 37.6. The fraction of sp³-hybridized carbons (Fsp3) is 0.306. The first-order valence-electron chi connectivity index (χ1n) is 16.0. The number of nitriles is 1. The quantitative estimate of drug-likeness (QED) is 0.132. The number of aromatic carboxylic acids is 1. The van der Waals surface area contributed by atoms with E-state index >= 15 is 0 Å². The van der Waals surface area contributed by atoms with E-state index in [0.29, 0.717) is 31.9 Å². The Hall–Kier alpha value is -5.16. The predicted molar refractivity (Wildman–Crippen MR) is 188 cm³/mol. The number of nitrogens with zero attached hydrogens (tertiary/aromatic N) is 6. The zero-order valence-electron chi connectivity index (χ0n) is 27.7. The number of aromatic nitrogens is 3. The van der Waals surface area contributed by atoms with Gasteiger partial charge in [0.15, 0.2) is 0 Å². The fourth-order valence-electron chi connectivity index (χ4n) is 6.38. The molecule has 1 saturated heterocycles. The third-order valence-corrected chi connectivity index (χ3v) is 10.1. The zero-order valence-corrected chi connectivity index (χ0v) is 29.3. The summed E-state index contributed by atoms with van der Waals surface area (Å²) in [5.41, 5.74) is -1.16. The highest BCUT2D eigenvalue weighted by Gasteiger charge is 2.39. The molecule has 53 heavy (non-hydrogen) atoms. The lowest BCUT2D eigenvalue weighted by molar-refractivity contribution is -0.137. The number of alkyl halides is 6. The summed E-state index contributed by atoms with van der Waals surface area (Å²) in [7, 11) is 0. The SMILES string of the molecule is Cc1nc2cc(C(F)(F)F)c(N3CCN(CCCC(F)(F)F)CC3)c(C#N)c2c(=O)n1CC#Cc1ccc(Cl)cc1-c1ccnc2c(C(=O)O)csc12. The standard InChI is InChI=1S/C36H27ClF6N6O3S/c1-20-46-28-17-27(36(41,42)43)31(48-14-12-47(13-15-48)10-3-8-35(38,39)40)25(18-44)29(28)33(50)49(20)11-2-4-21-5-6-22(37)16-24(21)23-7-9-45-30-26(34(51)52)19-53-32(23)30/h5-7,9,16-17,19H,3,8,10-15H2,1H3,(H,51,52). The number of carboxylic acids is 1. The molecule has 3 aromatic heterocycles. The number of piperazine rings is 1. The summed E-state index contributed by atoms with van der Waals surface area (Å²) in [6, 6.07) is 9.20. The van der Waals surface area contributed by atoms with E-state index in [1.807, 2.05) is 6.07 Å². The number of hydrogen-bond donors (Lipinski definition) is 1. The second kappa shape index (κ2) is 14.7. The molecule has 0 atom stereocenters. The van der Waals surface area contributed by atoms with Crippen molar-refractivity contribution in [3.8, 4) is 29.0 Å². The van der Waals surface area contributed by atoms with E-state index in [2.05, 4.69) is 21.8 Å². The minimum atomic E-state index is -4.91. The van der Waals surface area contributed by atoms with Crippen molar-refractivity contribution in [1.82, 2.24) is 19.4 Å². The van der Waals surface area contributed by atoms with E-state index in [0.717, 1.165) is 10.6 Å². The molecule has 274 valence electrons. The van der Waals surface area contributed by atoms with Crippen LogP contribution in [0.2, 0.25) is 5.02 Å². The minimum absolute atomic E-state index is 0.00939. The van der Waals surface area contributed by atoms with Gasteiger partial charge in [-0.1, -0.05) is 23.4 Å². The Balaban J connectivity index is 1.37. The van der Waals surface area contributed by atoms with Crippen LogP contribution in [0.25, 0.3) is 32.2 Å².